The molecular formula is C16H19IN6O2. The first kappa shape index (κ1) is 20.5. The van der Waals surface area contributed by atoms with Crippen LogP contribution in [0.25, 0.3) is 22.1 Å². The summed E-state index contributed by atoms with van der Waals surface area (Å²) < 4.78 is 5.53. The van der Waals surface area contributed by atoms with E-state index in [1.807, 2.05) is 12.1 Å². The zero-order chi connectivity index (χ0) is 16.2. The molecule has 4 rings (SSSR count). The number of pyridine rings is 2. The van der Waals surface area contributed by atoms with E-state index in [2.05, 4.69) is 57.7 Å². The molecule has 4 heterocycles. The highest BCUT2D eigenvalue weighted by Gasteiger charge is 2.14. The van der Waals surface area contributed by atoms with E-state index in [4.69, 9.17) is 0 Å². The van der Waals surface area contributed by atoms with Crippen molar-refractivity contribution in [3.63, 3.8) is 0 Å². The number of nitrogens with zero attached hydrogens (tertiary/aromatic N) is 4. The van der Waals surface area contributed by atoms with E-state index in [-0.39, 0.29) is 20.5 Å². The fourth-order valence-corrected chi connectivity index (χ4v) is 2.45. The lowest BCUT2D eigenvalue weighted by molar-refractivity contribution is 0.0596. The van der Waals surface area contributed by atoms with E-state index in [0.29, 0.717) is 5.52 Å². The van der Waals surface area contributed by atoms with Gasteiger partial charge in [-0.2, -0.15) is 10.2 Å². The number of hydrogen-bond acceptors (Lipinski definition) is 6. The van der Waals surface area contributed by atoms with Gasteiger partial charge in [0, 0.05) is 12.4 Å². The van der Waals surface area contributed by atoms with E-state index in [1.165, 1.54) is 7.11 Å². The summed E-state index contributed by atoms with van der Waals surface area (Å²) in [5, 5.41) is 13.4. The summed E-state index contributed by atoms with van der Waals surface area (Å²) in [6.07, 6.45) is 3.37. The molecule has 0 amide bonds. The summed E-state index contributed by atoms with van der Waals surface area (Å²) in [5.74, 6) is -0.482. The lowest BCUT2D eigenvalue weighted by atomic mass is 10.3. The zero-order valence-corrected chi connectivity index (χ0v) is 14.1. The van der Waals surface area contributed by atoms with Gasteiger partial charge in [0.25, 0.3) is 0 Å². The van der Waals surface area contributed by atoms with Crippen molar-refractivity contribution in [3.05, 3.63) is 46.1 Å². The molecule has 4 aromatic heterocycles. The second-order valence-electron chi connectivity index (χ2n) is 4.37. The third-order valence-corrected chi connectivity index (χ3v) is 3.72. The number of methoxy groups -OCH3 is 1. The number of esters is 1. The van der Waals surface area contributed by atoms with Crippen LogP contribution in [-0.2, 0) is 4.74 Å². The number of hydrogen-bond donors (Lipinski definition) is 2. The Labute approximate surface area is 158 Å². The van der Waals surface area contributed by atoms with Gasteiger partial charge in [0.2, 0.25) is 0 Å². The topological polar surface area (TPSA) is 109 Å². The van der Waals surface area contributed by atoms with Crippen LogP contribution < -0.4 is 0 Å². The van der Waals surface area contributed by atoms with E-state index >= 15 is 0 Å². The van der Waals surface area contributed by atoms with Crippen LogP contribution >= 0.6 is 22.6 Å². The number of nitrogens with one attached hydrogen (secondary N) is 2. The Bertz CT molecular complexity index is 965. The number of rotatable bonds is 1. The minimum Gasteiger partial charge on any atom is -0.464 e. The van der Waals surface area contributed by atoms with E-state index in [9.17, 15) is 4.79 Å². The van der Waals surface area contributed by atoms with E-state index in [0.717, 1.165) is 20.3 Å². The number of ether oxygens (including phenoxy) is 1. The molecule has 25 heavy (non-hydrogen) atoms. The summed E-state index contributed by atoms with van der Waals surface area (Å²) >= 11 is 2.17. The maximum atomic E-state index is 11.1. The molecule has 0 aliphatic carbocycles. The van der Waals surface area contributed by atoms with Crippen molar-refractivity contribution >= 4 is 50.6 Å². The highest BCUT2D eigenvalue weighted by molar-refractivity contribution is 14.1. The van der Waals surface area contributed by atoms with Gasteiger partial charge in [0.1, 0.15) is 20.3 Å². The molecule has 0 aliphatic rings. The standard InChI is InChI=1S/C8H7N3O2.C6H4IN3.2CH4/c1-13-8(12)7-6-5(10-11-7)3-2-4-9-6;7-6-5-4(9-10-6)2-1-3-8-5;;/h2-4H,1H3,(H,10,11);1-3H,(H,9,10);2*1H4. The summed E-state index contributed by atoms with van der Waals surface area (Å²) in [6, 6.07) is 7.36. The van der Waals surface area contributed by atoms with Gasteiger partial charge < -0.3 is 4.74 Å². The highest BCUT2D eigenvalue weighted by Crippen LogP contribution is 2.13. The Morgan fingerprint density at radius 3 is 2.40 bits per heavy atom. The minimum absolute atomic E-state index is 0. The number of halogens is 1. The van der Waals surface area contributed by atoms with Crippen molar-refractivity contribution in [1.29, 1.82) is 0 Å². The maximum Gasteiger partial charge on any atom is 0.360 e. The molecule has 9 heteroatoms. The largest absolute Gasteiger partial charge is 0.464 e. The van der Waals surface area contributed by atoms with Crippen LogP contribution in [0, 0.1) is 3.70 Å². The molecule has 8 nitrogen and oxygen atoms in total. The third-order valence-electron chi connectivity index (χ3n) is 2.97. The van der Waals surface area contributed by atoms with Crippen LogP contribution in [-0.4, -0.2) is 43.4 Å². The minimum atomic E-state index is -0.482. The highest BCUT2D eigenvalue weighted by atomic mass is 127. The number of aromatic nitrogens is 6. The number of aromatic amines is 2. The van der Waals surface area contributed by atoms with Gasteiger partial charge in [-0.3, -0.25) is 20.2 Å². The smallest absolute Gasteiger partial charge is 0.360 e. The molecule has 0 saturated heterocycles. The molecule has 0 unspecified atom stereocenters. The molecule has 0 saturated carbocycles. The zero-order valence-electron chi connectivity index (χ0n) is 11.9. The van der Waals surface area contributed by atoms with Crippen molar-refractivity contribution in [1.82, 2.24) is 30.4 Å². The number of fused-ring (bicyclic) bond motifs is 2. The van der Waals surface area contributed by atoms with Gasteiger partial charge in [-0.05, 0) is 46.9 Å². The van der Waals surface area contributed by atoms with Gasteiger partial charge in [-0.15, -0.1) is 0 Å². The summed E-state index contributed by atoms with van der Waals surface area (Å²) in [6.45, 7) is 0. The number of H-pyrrole nitrogens is 2. The fraction of sp³-hybridized carbons (Fsp3) is 0.188. The van der Waals surface area contributed by atoms with Crippen LogP contribution in [0.15, 0.2) is 36.7 Å². The molecule has 0 aliphatic heterocycles. The number of carbonyl (C=O) groups excluding carboxylic acids is 1. The SMILES string of the molecule is C.C.COC(=O)c1n[nH]c2cccnc12.Ic1[nH]nc2cccnc12. The van der Waals surface area contributed by atoms with Gasteiger partial charge in [-0.25, -0.2) is 4.79 Å². The molecule has 2 N–H and O–H groups in total. The number of carbonyl (C=O) groups is 1. The Hall–Kier alpha value is -2.56. The Kier molecular flexibility index (Phi) is 7.43. The molecular weight excluding hydrogens is 435 g/mol. The average Bonchev–Trinajstić information content (AvgIpc) is 3.19. The van der Waals surface area contributed by atoms with Crippen LogP contribution in [0.5, 0.6) is 0 Å². The lowest BCUT2D eigenvalue weighted by Crippen LogP contribution is -2.02. The Morgan fingerprint density at radius 2 is 1.72 bits per heavy atom. The third kappa shape index (κ3) is 4.29. The molecule has 0 aromatic carbocycles. The Morgan fingerprint density at radius 1 is 1.04 bits per heavy atom. The maximum absolute atomic E-state index is 11.1. The van der Waals surface area contributed by atoms with Gasteiger partial charge in [0.15, 0.2) is 5.69 Å². The van der Waals surface area contributed by atoms with Crippen molar-refractivity contribution in [3.8, 4) is 0 Å². The quantitative estimate of drug-likeness (QED) is 0.336. The van der Waals surface area contributed by atoms with Crippen LogP contribution in [0.1, 0.15) is 25.3 Å². The van der Waals surface area contributed by atoms with E-state index < -0.39 is 5.97 Å². The molecule has 4 aromatic rings. The average molecular weight is 454 g/mol. The van der Waals surface area contributed by atoms with Crippen molar-refractivity contribution in [2.45, 2.75) is 14.9 Å². The summed E-state index contributed by atoms with van der Waals surface area (Å²) in [5.41, 5.74) is 3.35. The molecule has 132 valence electrons. The predicted molar refractivity (Wildman–Crippen MR) is 105 cm³/mol. The van der Waals surface area contributed by atoms with Crippen LogP contribution in [0.2, 0.25) is 0 Å². The van der Waals surface area contributed by atoms with Crippen molar-refractivity contribution in [2.24, 2.45) is 0 Å². The second-order valence-corrected chi connectivity index (χ2v) is 5.45. The predicted octanol–water partition coefficient (Wildman–Crippen LogP) is 3.58. The molecule has 0 atom stereocenters. The molecule has 0 spiro atoms. The molecule has 0 bridgehead atoms. The van der Waals surface area contributed by atoms with Crippen LogP contribution in [0.4, 0.5) is 0 Å². The molecule has 0 radical (unpaired) electrons. The second kappa shape index (κ2) is 9.06. The first-order valence-corrected chi connectivity index (χ1v) is 7.60. The first-order valence-electron chi connectivity index (χ1n) is 6.52. The Balaban J connectivity index is 0.000000237. The van der Waals surface area contributed by atoms with E-state index in [1.54, 1.807) is 24.5 Å². The fourth-order valence-electron chi connectivity index (χ4n) is 1.91. The van der Waals surface area contributed by atoms with Gasteiger partial charge in [0.05, 0.1) is 12.6 Å². The van der Waals surface area contributed by atoms with Crippen molar-refractivity contribution in [2.75, 3.05) is 7.11 Å². The van der Waals surface area contributed by atoms with Crippen LogP contribution in [0.3, 0.4) is 0 Å². The monoisotopic (exact) mass is 454 g/mol. The summed E-state index contributed by atoms with van der Waals surface area (Å²) in [4.78, 5) is 19.3. The first-order chi connectivity index (χ1) is 11.2. The van der Waals surface area contributed by atoms with Gasteiger partial charge >= 0.3 is 5.97 Å². The summed E-state index contributed by atoms with van der Waals surface area (Å²) in [7, 11) is 1.31. The molecule has 0 fully saturated rings. The normalized spacial score (nSPS) is 9.52. The van der Waals surface area contributed by atoms with Gasteiger partial charge in [-0.1, -0.05) is 14.9 Å². The van der Waals surface area contributed by atoms with Crippen molar-refractivity contribution < 1.29 is 9.53 Å². The lowest BCUT2D eigenvalue weighted by Gasteiger charge is -1.92.